The molecule has 0 unspecified atom stereocenters. The lowest BCUT2D eigenvalue weighted by Crippen LogP contribution is -2.17. The van der Waals surface area contributed by atoms with Crippen LogP contribution in [0.25, 0.3) is 0 Å². The van der Waals surface area contributed by atoms with Crippen molar-refractivity contribution in [1.29, 1.82) is 0 Å². The molecule has 0 bridgehead atoms. The van der Waals surface area contributed by atoms with Crippen LogP contribution in [0.2, 0.25) is 0 Å². The molecule has 0 radical (unpaired) electrons. The van der Waals surface area contributed by atoms with Crippen molar-refractivity contribution in [3.8, 4) is 0 Å². The lowest BCUT2D eigenvalue weighted by Gasteiger charge is -2.11. The molecule has 21 heavy (non-hydrogen) atoms. The number of amides is 1. The molecule has 5 nitrogen and oxygen atoms in total. The van der Waals surface area contributed by atoms with Crippen LogP contribution in [-0.4, -0.2) is 15.5 Å². The summed E-state index contributed by atoms with van der Waals surface area (Å²) in [5.74, 6) is 0.987. The van der Waals surface area contributed by atoms with Crippen LogP contribution in [0.4, 0.5) is 11.4 Å². The first-order valence-corrected chi connectivity index (χ1v) is 7.25. The monoisotopic (exact) mass is 286 g/mol. The molecule has 0 saturated heterocycles. The highest BCUT2D eigenvalue weighted by Crippen LogP contribution is 2.16. The summed E-state index contributed by atoms with van der Waals surface area (Å²) in [6.45, 7) is 7.40. The summed E-state index contributed by atoms with van der Waals surface area (Å²) >= 11 is 0. The van der Waals surface area contributed by atoms with Crippen molar-refractivity contribution >= 4 is 17.3 Å². The second kappa shape index (κ2) is 6.92. The minimum Gasteiger partial charge on any atom is -0.378 e. The second-order valence-electron chi connectivity index (χ2n) is 5.21. The lowest BCUT2D eigenvalue weighted by atomic mass is 10.2. The molecule has 0 aliphatic rings. The van der Waals surface area contributed by atoms with Crippen molar-refractivity contribution in [1.82, 2.24) is 9.55 Å². The maximum atomic E-state index is 11.7. The Balaban J connectivity index is 1.99. The minimum absolute atomic E-state index is 0.0219. The number of nitrogens with one attached hydrogen (secondary N) is 2. The van der Waals surface area contributed by atoms with Gasteiger partial charge in [-0.25, -0.2) is 4.98 Å². The molecule has 0 spiro atoms. The molecule has 2 aromatic rings. The van der Waals surface area contributed by atoms with Crippen LogP contribution in [0.5, 0.6) is 0 Å². The van der Waals surface area contributed by atoms with Crippen LogP contribution in [0.15, 0.2) is 36.7 Å². The SMILES string of the molecule is CCn1ccnc1CNc1cccc(NC(=O)C(C)C)c1. The first-order valence-electron chi connectivity index (χ1n) is 7.25. The van der Waals surface area contributed by atoms with E-state index in [1.54, 1.807) is 6.20 Å². The van der Waals surface area contributed by atoms with Crippen LogP contribution in [0.3, 0.4) is 0 Å². The van der Waals surface area contributed by atoms with E-state index in [4.69, 9.17) is 0 Å². The number of hydrogen-bond donors (Lipinski definition) is 2. The standard InChI is InChI=1S/C16H22N4O/c1-4-20-9-8-17-15(20)11-18-13-6-5-7-14(10-13)19-16(21)12(2)3/h5-10,12,18H,4,11H2,1-3H3,(H,19,21). The zero-order chi connectivity index (χ0) is 15.2. The van der Waals surface area contributed by atoms with Crippen molar-refractivity contribution in [2.75, 3.05) is 10.6 Å². The molecular formula is C16H22N4O. The fourth-order valence-electron chi connectivity index (χ4n) is 1.97. The number of nitrogens with zero attached hydrogens (tertiary/aromatic N) is 2. The Hall–Kier alpha value is -2.30. The molecule has 0 aliphatic heterocycles. The van der Waals surface area contributed by atoms with Gasteiger partial charge in [0.15, 0.2) is 0 Å². The summed E-state index contributed by atoms with van der Waals surface area (Å²) in [5.41, 5.74) is 1.76. The molecule has 0 aliphatic carbocycles. The predicted octanol–water partition coefficient (Wildman–Crippen LogP) is 3.11. The highest BCUT2D eigenvalue weighted by Gasteiger charge is 2.07. The van der Waals surface area contributed by atoms with Gasteiger partial charge in [-0.15, -0.1) is 0 Å². The van der Waals surface area contributed by atoms with Crippen LogP contribution < -0.4 is 10.6 Å². The number of anilines is 2. The first-order chi connectivity index (χ1) is 10.1. The van der Waals surface area contributed by atoms with E-state index in [0.717, 1.165) is 23.7 Å². The van der Waals surface area contributed by atoms with E-state index >= 15 is 0 Å². The summed E-state index contributed by atoms with van der Waals surface area (Å²) in [5, 5.41) is 6.23. The van der Waals surface area contributed by atoms with Gasteiger partial charge in [-0.05, 0) is 25.1 Å². The summed E-state index contributed by atoms with van der Waals surface area (Å²) in [4.78, 5) is 16.0. The average molecular weight is 286 g/mol. The average Bonchev–Trinajstić information content (AvgIpc) is 2.93. The Kier molecular flexibility index (Phi) is 4.98. The molecule has 0 fully saturated rings. The Morgan fingerprint density at radius 3 is 2.81 bits per heavy atom. The predicted molar refractivity (Wildman–Crippen MR) is 85.1 cm³/mol. The summed E-state index contributed by atoms with van der Waals surface area (Å²) < 4.78 is 2.09. The van der Waals surface area contributed by atoms with Crippen molar-refractivity contribution in [3.63, 3.8) is 0 Å². The molecule has 1 aromatic carbocycles. The Morgan fingerprint density at radius 1 is 1.33 bits per heavy atom. The lowest BCUT2D eigenvalue weighted by molar-refractivity contribution is -0.118. The van der Waals surface area contributed by atoms with Gasteiger partial charge in [-0.3, -0.25) is 4.79 Å². The van der Waals surface area contributed by atoms with Crippen LogP contribution >= 0.6 is 0 Å². The van der Waals surface area contributed by atoms with E-state index in [0.29, 0.717) is 6.54 Å². The van der Waals surface area contributed by atoms with Crippen molar-refractivity contribution < 1.29 is 4.79 Å². The molecule has 1 aromatic heterocycles. The number of imidazole rings is 1. The fourth-order valence-corrected chi connectivity index (χ4v) is 1.97. The van der Waals surface area contributed by atoms with Gasteiger partial charge in [0.2, 0.25) is 5.91 Å². The number of hydrogen-bond acceptors (Lipinski definition) is 3. The number of benzene rings is 1. The van der Waals surface area contributed by atoms with E-state index in [9.17, 15) is 4.79 Å². The molecule has 2 N–H and O–H groups in total. The Labute approximate surface area is 125 Å². The zero-order valence-electron chi connectivity index (χ0n) is 12.8. The topological polar surface area (TPSA) is 59.0 Å². The molecule has 2 rings (SSSR count). The quantitative estimate of drug-likeness (QED) is 0.858. The molecule has 0 atom stereocenters. The molecule has 1 heterocycles. The van der Waals surface area contributed by atoms with Gasteiger partial charge in [-0.1, -0.05) is 19.9 Å². The smallest absolute Gasteiger partial charge is 0.226 e. The Bertz CT molecular complexity index is 604. The van der Waals surface area contributed by atoms with Crippen molar-refractivity contribution in [2.24, 2.45) is 5.92 Å². The molecule has 0 saturated carbocycles. The van der Waals surface area contributed by atoms with Gasteiger partial charge >= 0.3 is 0 Å². The normalized spacial score (nSPS) is 10.7. The molecule has 1 amide bonds. The van der Waals surface area contributed by atoms with Gasteiger partial charge in [-0.2, -0.15) is 0 Å². The first kappa shape index (κ1) is 15.1. The van der Waals surface area contributed by atoms with E-state index in [1.165, 1.54) is 0 Å². The van der Waals surface area contributed by atoms with Gasteiger partial charge in [0.25, 0.3) is 0 Å². The summed E-state index contributed by atoms with van der Waals surface area (Å²) in [7, 11) is 0. The number of rotatable bonds is 6. The maximum absolute atomic E-state index is 11.7. The number of aromatic nitrogens is 2. The fraction of sp³-hybridized carbons (Fsp3) is 0.375. The van der Waals surface area contributed by atoms with Crippen molar-refractivity contribution in [3.05, 3.63) is 42.5 Å². The third-order valence-corrected chi connectivity index (χ3v) is 3.25. The number of carbonyl (C=O) groups is 1. The Morgan fingerprint density at radius 2 is 2.10 bits per heavy atom. The van der Waals surface area contributed by atoms with Gasteiger partial charge in [0.1, 0.15) is 5.82 Å². The molecule has 5 heteroatoms. The van der Waals surface area contributed by atoms with Gasteiger partial charge < -0.3 is 15.2 Å². The largest absolute Gasteiger partial charge is 0.378 e. The maximum Gasteiger partial charge on any atom is 0.226 e. The van der Waals surface area contributed by atoms with E-state index in [2.05, 4.69) is 27.1 Å². The summed E-state index contributed by atoms with van der Waals surface area (Å²) in [6.07, 6.45) is 3.77. The van der Waals surface area contributed by atoms with Crippen molar-refractivity contribution in [2.45, 2.75) is 33.9 Å². The number of aryl methyl sites for hydroxylation is 1. The molecule has 112 valence electrons. The van der Waals surface area contributed by atoms with E-state index in [-0.39, 0.29) is 11.8 Å². The van der Waals surface area contributed by atoms with Crippen LogP contribution in [-0.2, 0) is 17.9 Å². The van der Waals surface area contributed by atoms with Gasteiger partial charge in [0.05, 0.1) is 6.54 Å². The van der Waals surface area contributed by atoms with Crippen LogP contribution in [0, 0.1) is 5.92 Å². The second-order valence-corrected chi connectivity index (χ2v) is 5.21. The third kappa shape index (κ3) is 4.08. The third-order valence-electron chi connectivity index (χ3n) is 3.25. The van der Waals surface area contributed by atoms with Gasteiger partial charge in [0, 0.05) is 36.2 Å². The highest BCUT2D eigenvalue weighted by molar-refractivity contribution is 5.92. The minimum atomic E-state index is -0.0290. The molecular weight excluding hydrogens is 264 g/mol. The summed E-state index contributed by atoms with van der Waals surface area (Å²) in [6, 6.07) is 7.72. The number of carbonyl (C=O) groups excluding carboxylic acids is 1. The zero-order valence-corrected chi connectivity index (χ0v) is 12.8. The van der Waals surface area contributed by atoms with Crippen LogP contribution in [0.1, 0.15) is 26.6 Å². The highest BCUT2D eigenvalue weighted by atomic mass is 16.1. The van der Waals surface area contributed by atoms with E-state index < -0.39 is 0 Å². The van der Waals surface area contributed by atoms with E-state index in [1.807, 2.05) is 44.3 Å².